The monoisotopic (exact) mass is 266 g/mol. The number of esters is 1. The van der Waals surface area contributed by atoms with Crippen molar-refractivity contribution in [3.05, 3.63) is 39.4 Å². The van der Waals surface area contributed by atoms with E-state index in [1.54, 1.807) is 6.07 Å². The largest absolute Gasteiger partial charge is 0.465 e. The summed E-state index contributed by atoms with van der Waals surface area (Å²) in [5.74, 6) is -0.477. The summed E-state index contributed by atoms with van der Waals surface area (Å²) in [6.07, 6.45) is 0. The smallest absolute Gasteiger partial charge is 0.337 e. The van der Waals surface area contributed by atoms with Gasteiger partial charge in [0.2, 0.25) is 5.28 Å². The maximum Gasteiger partial charge on any atom is 0.337 e. The topological polar surface area (TPSA) is 61.2 Å². The van der Waals surface area contributed by atoms with Gasteiger partial charge in [0.15, 0.2) is 0 Å². The molecular formula is C12H11ClN2O3. The van der Waals surface area contributed by atoms with Gasteiger partial charge in [0, 0.05) is 6.54 Å². The van der Waals surface area contributed by atoms with Crippen LogP contribution in [0.1, 0.15) is 17.3 Å². The SMILES string of the molecule is CCn1c(Cl)nc2cc(C(=O)OC)ccc2c1=O. The van der Waals surface area contributed by atoms with Gasteiger partial charge in [0.05, 0.1) is 23.6 Å². The Labute approximate surface area is 108 Å². The molecule has 5 nitrogen and oxygen atoms in total. The Bertz CT molecular complexity index is 679. The van der Waals surface area contributed by atoms with Crippen molar-refractivity contribution >= 4 is 28.5 Å². The first-order valence-electron chi connectivity index (χ1n) is 5.37. The van der Waals surface area contributed by atoms with Gasteiger partial charge in [-0.3, -0.25) is 9.36 Å². The second-order valence-corrected chi connectivity index (χ2v) is 3.99. The summed E-state index contributed by atoms with van der Waals surface area (Å²) < 4.78 is 5.97. The van der Waals surface area contributed by atoms with Crippen molar-refractivity contribution in [2.24, 2.45) is 0 Å². The van der Waals surface area contributed by atoms with E-state index >= 15 is 0 Å². The van der Waals surface area contributed by atoms with Crippen molar-refractivity contribution < 1.29 is 9.53 Å². The van der Waals surface area contributed by atoms with Gasteiger partial charge in [-0.25, -0.2) is 9.78 Å². The molecule has 0 unspecified atom stereocenters. The van der Waals surface area contributed by atoms with E-state index in [1.165, 1.54) is 23.8 Å². The van der Waals surface area contributed by atoms with Crippen LogP contribution in [0.3, 0.4) is 0 Å². The number of fused-ring (bicyclic) bond motifs is 1. The van der Waals surface area contributed by atoms with Gasteiger partial charge in [0.25, 0.3) is 5.56 Å². The number of benzene rings is 1. The number of hydrogen-bond acceptors (Lipinski definition) is 4. The molecule has 0 spiro atoms. The molecule has 94 valence electrons. The molecule has 1 heterocycles. The lowest BCUT2D eigenvalue weighted by Gasteiger charge is -2.07. The zero-order chi connectivity index (χ0) is 13.3. The van der Waals surface area contributed by atoms with E-state index in [2.05, 4.69) is 9.72 Å². The zero-order valence-corrected chi connectivity index (χ0v) is 10.7. The molecule has 0 N–H and O–H groups in total. The van der Waals surface area contributed by atoms with Gasteiger partial charge < -0.3 is 4.74 Å². The molecule has 0 aliphatic carbocycles. The molecule has 1 aromatic carbocycles. The van der Waals surface area contributed by atoms with Crippen molar-refractivity contribution in [1.29, 1.82) is 0 Å². The Kier molecular flexibility index (Phi) is 3.34. The third kappa shape index (κ3) is 1.97. The summed E-state index contributed by atoms with van der Waals surface area (Å²) in [5.41, 5.74) is 0.503. The van der Waals surface area contributed by atoms with Crippen molar-refractivity contribution in [3.8, 4) is 0 Å². The summed E-state index contributed by atoms with van der Waals surface area (Å²) in [5, 5.41) is 0.533. The normalized spacial score (nSPS) is 10.6. The molecule has 0 atom stereocenters. The standard InChI is InChI=1S/C12H11ClN2O3/c1-3-15-10(16)8-5-4-7(11(17)18-2)6-9(8)14-12(15)13/h4-6H,3H2,1-2H3. The number of halogens is 1. The lowest BCUT2D eigenvalue weighted by molar-refractivity contribution is 0.0601. The fourth-order valence-electron chi connectivity index (χ4n) is 1.71. The second kappa shape index (κ2) is 4.78. The van der Waals surface area contributed by atoms with Crippen LogP contribution in [-0.4, -0.2) is 22.6 Å². The summed E-state index contributed by atoms with van der Waals surface area (Å²) in [7, 11) is 1.29. The highest BCUT2D eigenvalue weighted by atomic mass is 35.5. The van der Waals surface area contributed by atoms with Crippen molar-refractivity contribution in [1.82, 2.24) is 9.55 Å². The van der Waals surface area contributed by atoms with Gasteiger partial charge in [-0.1, -0.05) is 0 Å². The molecule has 6 heteroatoms. The Morgan fingerprint density at radius 1 is 1.50 bits per heavy atom. The number of nitrogens with zero attached hydrogens (tertiary/aromatic N) is 2. The summed E-state index contributed by atoms with van der Waals surface area (Å²) >= 11 is 5.91. The molecule has 2 rings (SSSR count). The summed E-state index contributed by atoms with van der Waals surface area (Å²) in [6, 6.07) is 4.58. The first-order chi connectivity index (χ1) is 8.58. The Balaban J connectivity index is 2.73. The van der Waals surface area contributed by atoms with Gasteiger partial charge in [-0.2, -0.15) is 0 Å². The zero-order valence-electron chi connectivity index (χ0n) is 9.94. The van der Waals surface area contributed by atoms with Gasteiger partial charge in [0.1, 0.15) is 0 Å². The highest BCUT2D eigenvalue weighted by Gasteiger charge is 2.11. The van der Waals surface area contributed by atoms with Crippen LogP contribution in [0.4, 0.5) is 0 Å². The average Bonchev–Trinajstić information content (AvgIpc) is 2.37. The highest BCUT2D eigenvalue weighted by molar-refractivity contribution is 6.28. The van der Waals surface area contributed by atoms with E-state index in [0.29, 0.717) is 23.0 Å². The number of carbonyl (C=O) groups is 1. The number of hydrogen-bond donors (Lipinski definition) is 0. The van der Waals surface area contributed by atoms with Crippen LogP contribution in [0.15, 0.2) is 23.0 Å². The third-order valence-electron chi connectivity index (χ3n) is 2.65. The van der Waals surface area contributed by atoms with E-state index in [9.17, 15) is 9.59 Å². The highest BCUT2D eigenvalue weighted by Crippen LogP contribution is 2.14. The lowest BCUT2D eigenvalue weighted by Crippen LogP contribution is -2.21. The number of rotatable bonds is 2. The van der Waals surface area contributed by atoms with Gasteiger partial charge in [-0.05, 0) is 36.7 Å². The fourth-order valence-corrected chi connectivity index (χ4v) is 2.00. The van der Waals surface area contributed by atoms with Crippen LogP contribution >= 0.6 is 11.6 Å². The number of carbonyl (C=O) groups excluding carboxylic acids is 1. The fraction of sp³-hybridized carbons (Fsp3) is 0.250. The van der Waals surface area contributed by atoms with Crippen molar-refractivity contribution in [2.45, 2.75) is 13.5 Å². The lowest BCUT2D eigenvalue weighted by atomic mass is 10.1. The van der Waals surface area contributed by atoms with E-state index in [4.69, 9.17) is 11.6 Å². The molecule has 18 heavy (non-hydrogen) atoms. The maximum absolute atomic E-state index is 12.1. The number of methoxy groups -OCH3 is 1. The third-order valence-corrected chi connectivity index (χ3v) is 2.93. The quantitative estimate of drug-likeness (QED) is 0.615. The summed E-state index contributed by atoms with van der Waals surface area (Å²) in [6.45, 7) is 2.25. The van der Waals surface area contributed by atoms with E-state index in [-0.39, 0.29) is 10.8 Å². The van der Waals surface area contributed by atoms with Gasteiger partial charge >= 0.3 is 5.97 Å². The average molecular weight is 267 g/mol. The predicted molar refractivity (Wildman–Crippen MR) is 68.0 cm³/mol. The van der Waals surface area contributed by atoms with Gasteiger partial charge in [-0.15, -0.1) is 0 Å². The Morgan fingerprint density at radius 2 is 2.22 bits per heavy atom. The van der Waals surface area contributed by atoms with Crippen LogP contribution in [0.2, 0.25) is 5.28 Å². The molecule has 0 amide bonds. The molecule has 2 aromatic rings. The molecule has 0 aliphatic rings. The first-order valence-corrected chi connectivity index (χ1v) is 5.74. The minimum Gasteiger partial charge on any atom is -0.465 e. The van der Waals surface area contributed by atoms with E-state index in [0.717, 1.165) is 0 Å². The molecule has 0 saturated carbocycles. The molecule has 0 bridgehead atoms. The predicted octanol–water partition coefficient (Wildman–Crippen LogP) is 1.86. The van der Waals surface area contributed by atoms with Crippen LogP contribution in [0.25, 0.3) is 10.9 Å². The maximum atomic E-state index is 12.1. The second-order valence-electron chi connectivity index (χ2n) is 3.65. The minimum atomic E-state index is -0.477. The molecule has 0 saturated heterocycles. The number of ether oxygens (including phenoxy) is 1. The van der Waals surface area contributed by atoms with Crippen molar-refractivity contribution in [2.75, 3.05) is 7.11 Å². The number of aromatic nitrogens is 2. The molecule has 0 radical (unpaired) electrons. The van der Waals surface area contributed by atoms with E-state index in [1.807, 2.05) is 6.92 Å². The molecule has 1 aromatic heterocycles. The van der Waals surface area contributed by atoms with Crippen LogP contribution in [0, 0.1) is 0 Å². The van der Waals surface area contributed by atoms with Crippen LogP contribution in [0.5, 0.6) is 0 Å². The minimum absolute atomic E-state index is 0.108. The first kappa shape index (κ1) is 12.6. The van der Waals surface area contributed by atoms with E-state index < -0.39 is 5.97 Å². The Hall–Kier alpha value is -1.88. The van der Waals surface area contributed by atoms with Crippen LogP contribution in [-0.2, 0) is 11.3 Å². The van der Waals surface area contributed by atoms with Crippen LogP contribution < -0.4 is 5.56 Å². The Morgan fingerprint density at radius 3 is 2.83 bits per heavy atom. The molecule has 0 aliphatic heterocycles. The molecular weight excluding hydrogens is 256 g/mol. The summed E-state index contributed by atoms with van der Waals surface area (Å²) in [4.78, 5) is 27.5. The van der Waals surface area contributed by atoms with Crippen molar-refractivity contribution in [3.63, 3.8) is 0 Å². The molecule has 0 fully saturated rings.